The summed E-state index contributed by atoms with van der Waals surface area (Å²) in [5.41, 5.74) is 1.25. The highest BCUT2D eigenvalue weighted by Crippen LogP contribution is 2.10. The van der Waals surface area contributed by atoms with Gasteiger partial charge in [-0.1, -0.05) is 24.3 Å². The number of piperazine rings is 1. The van der Waals surface area contributed by atoms with Crippen LogP contribution >= 0.6 is 0 Å². The number of para-hydroxylation sites is 1. The molecule has 2 aromatic rings. The zero-order chi connectivity index (χ0) is 16.6. The zero-order valence-electron chi connectivity index (χ0n) is 13.9. The molecule has 3 rings (SSSR count). The molecule has 1 N–H and O–H groups in total. The van der Waals surface area contributed by atoms with Crippen LogP contribution in [0.25, 0.3) is 0 Å². The molecule has 0 aliphatic carbocycles. The lowest BCUT2D eigenvalue weighted by Gasteiger charge is -2.35. The summed E-state index contributed by atoms with van der Waals surface area (Å²) in [6.07, 6.45) is 3.27. The van der Waals surface area contributed by atoms with Gasteiger partial charge < -0.3 is 9.84 Å². The number of nitrogens with zero attached hydrogens (tertiary/aromatic N) is 3. The van der Waals surface area contributed by atoms with Gasteiger partial charge in [-0.2, -0.15) is 0 Å². The van der Waals surface area contributed by atoms with Crippen LogP contribution in [0.1, 0.15) is 5.56 Å². The summed E-state index contributed by atoms with van der Waals surface area (Å²) >= 11 is 0. The highest BCUT2D eigenvalue weighted by atomic mass is 16.5. The van der Waals surface area contributed by atoms with Crippen molar-refractivity contribution in [1.29, 1.82) is 0 Å². The van der Waals surface area contributed by atoms with E-state index in [2.05, 4.69) is 20.9 Å². The summed E-state index contributed by atoms with van der Waals surface area (Å²) in [5.74, 6) is 0.804. The highest BCUT2D eigenvalue weighted by Gasteiger charge is 2.19. The first kappa shape index (κ1) is 16.9. The lowest BCUT2D eigenvalue weighted by atomic mass is 10.2. The predicted molar refractivity (Wildman–Crippen MR) is 93.9 cm³/mol. The van der Waals surface area contributed by atoms with Crippen molar-refractivity contribution < 1.29 is 9.84 Å². The average molecular weight is 327 g/mol. The molecule has 0 bridgehead atoms. The van der Waals surface area contributed by atoms with Crippen molar-refractivity contribution in [2.24, 2.45) is 0 Å². The normalized spacial score (nSPS) is 17.5. The van der Waals surface area contributed by atoms with Gasteiger partial charge in [-0.15, -0.1) is 0 Å². The second-order valence-corrected chi connectivity index (χ2v) is 6.22. The van der Waals surface area contributed by atoms with E-state index in [1.165, 1.54) is 5.56 Å². The van der Waals surface area contributed by atoms with Crippen LogP contribution in [-0.4, -0.2) is 65.3 Å². The summed E-state index contributed by atoms with van der Waals surface area (Å²) in [4.78, 5) is 8.90. The fraction of sp³-hybridized carbons (Fsp3) is 0.421. The van der Waals surface area contributed by atoms with Gasteiger partial charge in [0.15, 0.2) is 0 Å². The van der Waals surface area contributed by atoms with E-state index >= 15 is 0 Å². The molecule has 1 aliphatic rings. The van der Waals surface area contributed by atoms with E-state index in [0.29, 0.717) is 13.2 Å². The van der Waals surface area contributed by atoms with Crippen molar-refractivity contribution in [3.63, 3.8) is 0 Å². The van der Waals surface area contributed by atoms with Crippen molar-refractivity contribution in [3.05, 3.63) is 60.4 Å². The summed E-state index contributed by atoms with van der Waals surface area (Å²) < 4.78 is 5.62. The van der Waals surface area contributed by atoms with Gasteiger partial charge in [-0.05, 0) is 23.8 Å². The Morgan fingerprint density at radius 3 is 2.46 bits per heavy atom. The first-order chi connectivity index (χ1) is 11.8. The third-order valence-electron chi connectivity index (χ3n) is 4.25. The minimum Gasteiger partial charge on any atom is -0.491 e. The number of β-amino-alcohol motifs (C(OH)–C–C–N with tert-alkyl or cyclic N) is 1. The van der Waals surface area contributed by atoms with E-state index in [9.17, 15) is 5.11 Å². The van der Waals surface area contributed by atoms with E-state index in [1.807, 2.05) is 42.6 Å². The van der Waals surface area contributed by atoms with Crippen LogP contribution in [-0.2, 0) is 6.54 Å². The van der Waals surface area contributed by atoms with Crippen molar-refractivity contribution in [3.8, 4) is 5.75 Å². The second kappa shape index (κ2) is 8.78. The topological polar surface area (TPSA) is 48.8 Å². The fourth-order valence-corrected chi connectivity index (χ4v) is 2.94. The number of pyridine rings is 1. The van der Waals surface area contributed by atoms with E-state index < -0.39 is 6.10 Å². The number of hydrogen-bond donors (Lipinski definition) is 1. The van der Waals surface area contributed by atoms with Gasteiger partial charge >= 0.3 is 0 Å². The molecule has 1 saturated heterocycles. The fourth-order valence-electron chi connectivity index (χ4n) is 2.94. The standard InChI is InChI=1S/C19H25N3O2/c23-18(16-24-19-6-2-1-3-7-19)15-22-11-9-21(10-12-22)14-17-5-4-8-20-13-17/h1-8,13,18,23H,9-12,14-16H2/t18-/m1/s1. The number of aromatic nitrogens is 1. The van der Waals surface area contributed by atoms with Crippen LogP contribution < -0.4 is 4.74 Å². The van der Waals surface area contributed by atoms with Gasteiger partial charge in [0.05, 0.1) is 0 Å². The van der Waals surface area contributed by atoms with E-state index in [1.54, 1.807) is 6.20 Å². The van der Waals surface area contributed by atoms with Gasteiger partial charge in [-0.3, -0.25) is 14.8 Å². The zero-order valence-corrected chi connectivity index (χ0v) is 13.9. The summed E-state index contributed by atoms with van der Waals surface area (Å²) in [7, 11) is 0. The Labute approximate surface area is 143 Å². The molecule has 1 aliphatic heterocycles. The lowest BCUT2D eigenvalue weighted by molar-refractivity contribution is 0.0446. The van der Waals surface area contributed by atoms with Crippen LogP contribution in [0.2, 0.25) is 0 Å². The summed E-state index contributed by atoms with van der Waals surface area (Å²) in [5, 5.41) is 10.2. The van der Waals surface area contributed by atoms with Crippen LogP contribution in [0.15, 0.2) is 54.9 Å². The monoisotopic (exact) mass is 327 g/mol. The van der Waals surface area contributed by atoms with Gasteiger partial charge in [0.2, 0.25) is 0 Å². The van der Waals surface area contributed by atoms with Crippen molar-refractivity contribution in [2.75, 3.05) is 39.3 Å². The van der Waals surface area contributed by atoms with Crippen molar-refractivity contribution in [2.45, 2.75) is 12.6 Å². The molecule has 1 fully saturated rings. The van der Waals surface area contributed by atoms with Crippen LogP contribution in [0.5, 0.6) is 5.75 Å². The molecule has 5 heteroatoms. The highest BCUT2D eigenvalue weighted by molar-refractivity contribution is 5.20. The Kier molecular flexibility index (Phi) is 6.18. The van der Waals surface area contributed by atoms with Crippen LogP contribution in [0.4, 0.5) is 0 Å². The number of rotatable bonds is 7. The van der Waals surface area contributed by atoms with Crippen LogP contribution in [0.3, 0.4) is 0 Å². The molecule has 1 aromatic heterocycles. The molecule has 5 nitrogen and oxygen atoms in total. The molecule has 0 unspecified atom stereocenters. The first-order valence-electron chi connectivity index (χ1n) is 8.49. The minimum atomic E-state index is -0.463. The SMILES string of the molecule is O[C@@H](COc1ccccc1)CN1CCN(Cc2cccnc2)CC1. The molecule has 0 saturated carbocycles. The lowest BCUT2D eigenvalue weighted by Crippen LogP contribution is -2.48. The van der Waals surface area contributed by atoms with Gasteiger partial charge in [0.25, 0.3) is 0 Å². The molecule has 0 spiro atoms. The van der Waals surface area contributed by atoms with Gasteiger partial charge in [0.1, 0.15) is 18.5 Å². The van der Waals surface area contributed by atoms with E-state index in [0.717, 1.165) is 38.5 Å². The molecule has 0 amide bonds. The maximum Gasteiger partial charge on any atom is 0.119 e. The Balaban J connectivity index is 1.36. The molecular formula is C19H25N3O2. The minimum absolute atomic E-state index is 0.333. The van der Waals surface area contributed by atoms with E-state index in [-0.39, 0.29) is 0 Å². The Hall–Kier alpha value is -1.95. The van der Waals surface area contributed by atoms with Gasteiger partial charge in [-0.25, -0.2) is 0 Å². The molecule has 128 valence electrons. The number of aliphatic hydroxyl groups is 1. The summed E-state index contributed by atoms with van der Waals surface area (Å²) in [6.45, 7) is 5.92. The number of ether oxygens (including phenoxy) is 1. The Bertz CT molecular complexity index is 586. The third-order valence-corrected chi connectivity index (χ3v) is 4.25. The molecular weight excluding hydrogens is 302 g/mol. The largest absolute Gasteiger partial charge is 0.491 e. The Morgan fingerprint density at radius 1 is 1.00 bits per heavy atom. The average Bonchev–Trinajstić information content (AvgIpc) is 2.63. The molecule has 0 radical (unpaired) electrons. The predicted octanol–water partition coefficient (Wildman–Crippen LogP) is 1.64. The molecule has 1 aromatic carbocycles. The van der Waals surface area contributed by atoms with Crippen LogP contribution in [0, 0.1) is 0 Å². The molecule has 1 atom stereocenters. The van der Waals surface area contributed by atoms with Crippen molar-refractivity contribution >= 4 is 0 Å². The summed E-state index contributed by atoms with van der Waals surface area (Å²) in [6, 6.07) is 13.7. The molecule has 2 heterocycles. The maximum atomic E-state index is 10.2. The maximum absolute atomic E-state index is 10.2. The van der Waals surface area contributed by atoms with Gasteiger partial charge in [0, 0.05) is 51.7 Å². The Morgan fingerprint density at radius 2 is 1.75 bits per heavy atom. The number of aliphatic hydroxyl groups excluding tert-OH is 1. The second-order valence-electron chi connectivity index (χ2n) is 6.22. The molecule has 24 heavy (non-hydrogen) atoms. The smallest absolute Gasteiger partial charge is 0.119 e. The van der Waals surface area contributed by atoms with E-state index in [4.69, 9.17) is 4.74 Å². The number of hydrogen-bond acceptors (Lipinski definition) is 5. The van der Waals surface area contributed by atoms with Crippen molar-refractivity contribution in [1.82, 2.24) is 14.8 Å². The number of benzene rings is 1. The third kappa shape index (κ3) is 5.30. The first-order valence-corrected chi connectivity index (χ1v) is 8.49. The quantitative estimate of drug-likeness (QED) is 0.838.